The van der Waals surface area contributed by atoms with Crippen molar-refractivity contribution >= 4 is 28.8 Å². The summed E-state index contributed by atoms with van der Waals surface area (Å²) in [6, 6.07) is 16.9. The number of benzene rings is 1. The zero-order valence-corrected chi connectivity index (χ0v) is 24.8. The molecule has 2 fully saturated rings. The number of aldehydes is 1. The first-order chi connectivity index (χ1) is 21.0. The molecule has 5 heterocycles. The minimum Gasteiger partial charge on any atom is -0.383 e. The second kappa shape index (κ2) is 12.5. The number of imidazole rings is 1. The first-order valence-electron chi connectivity index (χ1n) is 15.0. The van der Waals surface area contributed by atoms with Crippen LogP contribution in [0.1, 0.15) is 36.9 Å². The fourth-order valence-electron chi connectivity index (χ4n) is 6.62. The quantitative estimate of drug-likeness (QED) is 0.234. The number of hydrogen-bond donors (Lipinski definition) is 1. The van der Waals surface area contributed by atoms with Crippen LogP contribution in [-0.4, -0.2) is 68.8 Å². The van der Waals surface area contributed by atoms with Crippen molar-refractivity contribution in [2.45, 2.75) is 32.2 Å². The van der Waals surface area contributed by atoms with Gasteiger partial charge in [-0.15, -0.1) is 0 Å². The molecule has 2 saturated heterocycles. The molecule has 3 aliphatic rings. The number of nitrogens with zero attached hydrogens (tertiary/aromatic N) is 6. The van der Waals surface area contributed by atoms with E-state index in [4.69, 9.17) is 20.5 Å². The van der Waals surface area contributed by atoms with Crippen LogP contribution in [0.2, 0.25) is 0 Å². The zero-order valence-electron chi connectivity index (χ0n) is 24.8. The standard InChI is InChI=1S/C32H35N7.C3H4O/c1-37-18-15-32(21-37)16-19-38(22-32)20-23-9-11-25(12-10-23)39-30(26-8-5-17-34-29(26)33)36-28-14-13-27(35-31(28)39)24-6-3-2-4-7-24;1-2-3-4/h3,5-14,17H,2,4,15-16,18-22H2,1H3,(H2,33,34);2-3H,1H2. The van der Waals surface area contributed by atoms with Crippen molar-refractivity contribution in [3.05, 3.63) is 96.9 Å². The van der Waals surface area contributed by atoms with Gasteiger partial charge in [0.15, 0.2) is 11.5 Å². The van der Waals surface area contributed by atoms with E-state index in [0.29, 0.717) is 17.5 Å². The highest BCUT2D eigenvalue weighted by Gasteiger charge is 2.42. The summed E-state index contributed by atoms with van der Waals surface area (Å²) in [4.78, 5) is 28.6. The number of rotatable bonds is 6. The number of carbonyl (C=O) groups excluding carboxylic acids is 1. The average Bonchev–Trinajstić information content (AvgIpc) is 3.74. The first-order valence-corrected chi connectivity index (χ1v) is 15.0. The molecule has 43 heavy (non-hydrogen) atoms. The van der Waals surface area contributed by atoms with E-state index in [1.54, 1.807) is 6.20 Å². The summed E-state index contributed by atoms with van der Waals surface area (Å²) in [7, 11) is 2.25. The lowest BCUT2D eigenvalue weighted by Crippen LogP contribution is -2.29. The monoisotopic (exact) mass is 573 g/mol. The topological polar surface area (TPSA) is 93.2 Å². The number of pyridine rings is 2. The molecule has 8 heteroatoms. The van der Waals surface area contributed by atoms with Crippen LogP contribution in [0, 0.1) is 5.41 Å². The third-order valence-electron chi connectivity index (χ3n) is 8.72. The number of nitrogen functional groups attached to an aromatic ring is 1. The molecule has 7 rings (SSSR count). The van der Waals surface area contributed by atoms with Gasteiger partial charge in [-0.1, -0.05) is 36.9 Å². The maximum Gasteiger partial charge on any atom is 0.165 e. The molecular formula is C35H39N7O. The van der Waals surface area contributed by atoms with Gasteiger partial charge in [-0.3, -0.25) is 14.3 Å². The Kier molecular flexibility index (Phi) is 8.31. The Morgan fingerprint density at radius 3 is 2.53 bits per heavy atom. The van der Waals surface area contributed by atoms with E-state index < -0.39 is 0 Å². The number of nitrogens with two attached hydrogens (primary N) is 1. The van der Waals surface area contributed by atoms with E-state index >= 15 is 0 Å². The van der Waals surface area contributed by atoms with Gasteiger partial charge >= 0.3 is 0 Å². The Morgan fingerprint density at radius 2 is 1.84 bits per heavy atom. The second-order valence-electron chi connectivity index (χ2n) is 11.9. The fraction of sp³-hybridized carbons (Fsp3) is 0.314. The summed E-state index contributed by atoms with van der Waals surface area (Å²) in [6.07, 6.45) is 14.9. The molecule has 1 atom stereocenters. The van der Waals surface area contributed by atoms with E-state index in [9.17, 15) is 0 Å². The van der Waals surface area contributed by atoms with Gasteiger partial charge in [0.1, 0.15) is 17.6 Å². The molecule has 4 aromatic rings. The highest BCUT2D eigenvalue weighted by atomic mass is 16.1. The summed E-state index contributed by atoms with van der Waals surface area (Å²) >= 11 is 0. The van der Waals surface area contributed by atoms with Crippen LogP contribution < -0.4 is 5.73 Å². The summed E-state index contributed by atoms with van der Waals surface area (Å²) in [5.41, 5.74) is 13.8. The molecule has 3 aromatic heterocycles. The summed E-state index contributed by atoms with van der Waals surface area (Å²) in [5, 5.41) is 0. The van der Waals surface area contributed by atoms with Crippen molar-refractivity contribution in [1.29, 1.82) is 0 Å². The van der Waals surface area contributed by atoms with Gasteiger partial charge in [0.2, 0.25) is 0 Å². The zero-order chi connectivity index (χ0) is 29.8. The van der Waals surface area contributed by atoms with Gasteiger partial charge in [-0.05, 0) is 105 Å². The van der Waals surface area contributed by atoms with Crippen LogP contribution in [-0.2, 0) is 11.3 Å². The largest absolute Gasteiger partial charge is 0.383 e. The van der Waals surface area contributed by atoms with E-state index in [2.05, 4.69) is 87.6 Å². The number of hydrogen-bond acceptors (Lipinski definition) is 7. The van der Waals surface area contributed by atoms with Crippen molar-refractivity contribution in [1.82, 2.24) is 29.3 Å². The fourth-order valence-corrected chi connectivity index (χ4v) is 6.62. The van der Waals surface area contributed by atoms with Crippen molar-refractivity contribution in [3.8, 4) is 17.1 Å². The third-order valence-corrected chi connectivity index (χ3v) is 8.72. The Hall–Kier alpha value is -4.40. The number of aromatic nitrogens is 4. The Labute approximate surface area is 253 Å². The lowest BCUT2D eigenvalue weighted by molar-refractivity contribution is -0.104. The minimum atomic E-state index is 0.462. The molecular weight excluding hydrogens is 534 g/mol. The second-order valence-corrected chi connectivity index (χ2v) is 11.9. The molecule has 1 unspecified atom stereocenters. The van der Waals surface area contributed by atoms with Crippen LogP contribution >= 0.6 is 0 Å². The van der Waals surface area contributed by atoms with Crippen LogP contribution in [0.4, 0.5) is 5.82 Å². The summed E-state index contributed by atoms with van der Waals surface area (Å²) in [6.45, 7) is 8.95. The molecule has 0 amide bonds. The summed E-state index contributed by atoms with van der Waals surface area (Å²) in [5.74, 6) is 1.22. The smallest absolute Gasteiger partial charge is 0.165 e. The SMILES string of the molecule is C=CC=O.CN1CCC2(CCN(Cc3ccc(-n4c(-c5cccnc5N)nc5ccc(C6=CCCC=C6)nc54)cc3)C2)C1. The van der Waals surface area contributed by atoms with Crippen LogP contribution in [0.3, 0.4) is 0 Å². The van der Waals surface area contributed by atoms with Gasteiger partial charge in [0, 0.05) is 31.5 Å². The van der Waals surface area contributed by atoms with Crippen molar-refractivity contribution in [2.75, 3.05) is 39.0 Å². The maximum atomic E-state index is 9.06. The lowest BCUT2D eigenvalue weighted by atomic mass is 9.86. The molecule has 1 spiro atoms. The molecule has 8 nitrogen and oxygen atoms in total. The van der Waals surface area contributed by atoms with Crippen molar-refractivity contribution in [3.63, 3.8) is 0 Å². The Balaban J connectivity index is 0.000000777. The van der Waals surface area contributed by atoms with Gasteiger partial charge in [0.25, 0.3) is 0 Å². The molecule has 220 valence electrons. The van der Waals surface area contributed by atoms with Gasteiger partial charge in [-0.2, -0.15) is 0 Å². The van der Waals surface area contributed by atoms with E-state index in [1.165, 1.54) is 50.7 Å². The summed E-state index contributed by atoms with van der Waals surface area (Å²) < 4.78 is 2.13. The number of allylic oxidation sites excluding steroid dienone is 5. The molecule has 1 aliphatic carbocycles. The molecule has 2 N–H and O–H groups in total. The Bertz CT molecular complexity index is 1680. The minimum absolute atomic E-state index is 0.462. The normalized spacial score (nSPS) is 20.3. The van der Waals surface area contributed by atoms with Crippen molar-refractivity contribution in [2.24, 2.45) is 5.41 Å². The van der Waals surface area contributed by atoms with E-state index in [-0.39, 0.29) is 0 Å². The number of fused-ring (bicyclic) bond motifs is 1. The first kappa shape index (κ1) is 28.7. The van der Waals surface area contributed by atoms with Gasteiger partial charge < -0.3 is 10.6 Å². The highest BCUT2D eigenvalue weighted by molar-refractivity contribution is 5.85. The highest BCUT2D eigenvalue weighted by Crippen LogP contribution is 2.39. The molecule has 1 aromatic carbocycles. The predicted molar refractivity (Wildman–Crippen MR) is 174 cm³/mol. The number of anilines is 1. The average molecular weight is 574 g/mol. The number of likely N-dealkylation sites (tertiary alicyclic amines) is 2. The van der Waals surface area contributed by atoms with E-state index in [0.717, 1.165) is 58.9 Å². The molecule has 2 aliphatic heterocycles. The number of carbonyl (C=O) groups is 1. The van der Waals surface area contributed by atoms with Crippen molar-refractivity contribution < 1.29 is 4.79 Å². The molecule has 0 bridgehead atoms. The Morgan fingerprint density at radius 1 is 1.02 bits per heavy atom. The predicted octanol–water partition coefficient (Wildman–Crippen LogP) is 5.70. The third kappa shape index (κ3) is 6.07. The van der Waals surface area contributed by atoms with Crippen LogP contribution in [0.5, 0.6) is 0 Å². The van der Waals surface area contributed by atoms with Gasteiger partial charge in [-0.25, -0.2) is 15.0 Å². The lowest BCUT2D eigenvalue weighted by Gasteiger charge is -2.24. The molecule has 0 radical (unpaired) electrons. The molecule has 0 saturated carbocycles. The van der Waals surface area contributed by atoms with Gasteiger partial charge in [0.05, 0.1) is 11.3 Å². The van der Waals surface area contributed by atoms with Crippen LogP contribution in [0.15, 0.2) is 85.6 Å². The maximum absolute atomic E-state index is 9.06. The van der Waals surface area contributed by atoms with Crippen LogP contribution in [0.25, 0.3) is 33.8 Å². The van der Waals surface area contributed by atoms with E-state index in [1.807, 2.05) is 12.1 Å².